The number of hydrogen-bond donors (Lipinski definition) is 3. The van der Waals surface area contributed by atoms with Gasteiger partial charge in [0, 0.05) is 51.6 Å². The molecule has 0 saturated carbocycles. The Balaban J connectivity index is 1.12. The lowest BCUT2D eigenvalue weighted by molar-refractivity contribution is 0.262. The van der Waals surface area contributed by atoms with Crippen LogP contribution in [0.5, 0.6) is 11.6 Å². The Morgan fingerprint density at radius 2 is 1.74 bits per heavy atom. The van der Waals surface area contributed by atoms with Gasteiger partial charge < -0.3 is 14.6 Å². The van der Waals surface area contributed by atoms with E-state index in [1.165, 1.54) is 0 Å². The van der Waals surface area contributed by atoms with Crippen LogP contribution < -0.4 is 20.7 Å². The highest BCUT2D eigenvalue weighted by molar-refractivity contribution is 7.70. The van der Waals surface area contributed by atoms with Gasteiger partial charge in [0.05, 0.1) is 28.8 Å². The topological polar surface area (TPSA) is 140 Å². The van der Waals surface area contributed by atoms with Crippen molar-refractivity contribution >= 4 is 51.7 Å². The van der Waals surface area contributed by atoms with Crippen molar-refractivity contribution in [3.8, 4) is 17.3 Å². The monoisotopic (exact) mass is 684 g/mol. The first-order chi connectivity index (χ1) is 23.9. The maximum atomic E-state index is 13.6. The van der Waals surface area contributed by atoms with Crippen LogP contribution in [0, 0.1) is 0 Å². The van der Waals surface area contributed by atoms with Crippen molar-refractivity contribution in [2.75, 3.05) is 24.0 Å². The van der Waals surface area contributed by atoms with Crippen molar-refractivity contribution in [3.63, 3.8) is 0 Å². The first kappa shape index (κ1) is 32.7. The Labute approximate surface area is 289 Å². The number of anilines is 2. The van der Waals surface area contributed by atoms with Crippen LogP contribution in [0.25, 0.3) is 27.4 Å². The molecule has 7 aromatic rings. The van der Waals surface area contributed by atoms with E-state index >= 15 is 0 Å². The average Bonchev–Trinajstić information content (AvgIpc) is 3.73. The second-order valence-electron chi connectivity index (χ2n) is 13.6. The molecule has 0 aliphatic rings. The lowest BCUT2D eigenvalue weighted by Gasteiger charge is -2.15. The summed E-state index contributed by atoms with van der Waals surface area (Å²) in [4.78, 5) is 22.7. The van der Waals surface area contributed by atoms with E-state index in [-0.39, 0.29) is 5.41 Å². The number of fused-ring (bicyclic) bond motifs is 2. The number of H-pyrrole nitrogens is 1. The Morgan fingerprint density at radius 1 is 0.920 bits per heavy atom. The van der Waals surface area contributed by atoms with Gasteiger partial charge in [-0.25, -0.2) is 14.5 Å². The van der Waals surface area contributed by atoms with Gasteiger partial charge in [0.25, 0.3) is 0 Å². The molecule has 0 bridgehead atoms. The van der Waals surface area contributed by atoms with Gasteiger partial charge in [-0.15, -0.1) is 0 Å². The van der Waals surface area contributed by atoms with Gasteiger partial charge >= 0.3 is 6.03 Å². The Kier molecular flexibility index (Phi) is 8.45. The number of ether oxygens (including phenoxy) is 1. The predicted octanol–water partition coefficient (Wildman–Crippen LogP) is 8.26. The van der Waals surface area contributed by atoms with Crippen molar-refractivity contribution in [2.24, 2.45) is 0 Å². The maximum Gasteiger partial charge on any atom is 0.324 e. The molecule has 11 nitrogen and oxygen atoms in total. The van der Waals surface area contributed by atoms with Gasteiger partial charge in [0.2, 0.25) is 5.88 Å². The van der Waals surface area contributed by atoms with E-state index in [1.807, 2.05) is 72.8 Å². The van der Waals surface area contributed by atoms with Gasteiger partial charge in [-0.2, -0.15) is 15.2 Å². The zero-order chi connectivity index (χ0) is 35.0. The summed E-state index contributed by atoms with van der Waals surface area (Å²) in [7, 11) is -2.51. The SMILES string of the molecule is CC(C)(C)c1cc(NC(=O)Nc2ccc(Oc3ccnc(Cc4ccc5[nH]ncc5c4)n3)c3ccccc23)n(-c2cccc(P(C)(C)=O)c2)n1. The highest BCUT2D eigenvalue weighted by Crippen LogP contribution is 2.36. The van der Waals surface area contributed by atoms with E-state index < -0.39 is 13.2 Å². The van der Waals surface area contributed by atoms with Crippen LogP contribution in [0.1, 0.15) is 37.9 Å². The van der Waals surface area contributed by atoms with Gasteiger partial charge in [-0.05, 0) is 55.3 Å². The molecule has 7 rings (SSSR count). The summed E-state index contributed by atoms with van der Waals surface area (Å²) in [6, 6.07) is 28.0. The molecule has 3 aromatic heterocycles. The first-order valence-corrected chi connectivity index (χ1v) is 18.8. The quantitative estimate of drug-likeness (QED) is 0.137. The third kappa shape index (κ3) is 6.99. The van der Waals surface area contributed by atoms with Crippen LogP contribution in [0.2, 0.25) is 0 Å². The van der Waals surface area contributed by atoms with E-state index in [0.29, 0.717) is 41.1 Å². The third-order valence-corrected chi connectivity index (χ3v) is 9.83. The molecule has 12 heteroatoms. The zero-order valence-electron chi connectivity index (χ0n) is 28.4. The lowest BCUT2D eigenvalue weighted by Crippen LogP contribution is -2.21. The largest absolute Gasteiger partial charge is 0.438 e. The van der Waals surface area contributed by atoms with Crippen LogP contribution in [0.15, 0.2) is 103 Å². The number of aromatic nitrogens is 6. The standard InChI is InChI=1S/C38H37N8O3P/c1-38(2,3)33-22-35(46(45-33)26-9-8-10-27(21-26)50(4,5)48)43-37(47)41-31-15-16-32(29-12-7-6-11-28(29)31)49-36-17-18-39-34(42-36)20-24-13-14-30-25(19-24)23-40-44-30/h6-19,21-23H,20H2,1-5H3,(H,40,44)(H2,41,43,47). The van der Waals surface area contributed by atoms with Crippen LogP contribution >= 0.6 is 7.14 Å². The predicted molar refractivity (Wildman–Crippen MR) is 199 cm³/mol. The molecular weight excluding hydrogens is 647 g/mol. The fourth-order valence-corrected chi connectivity index (χ4v) is 6.54. The van der Waals surface area contributed by atoms with Crippen LogP contribution in [0.4, 0.5) is 16.3 Å². The summed E-state index contributed by atoms with van der Waals surface area (Å²) < 4.78 is 20.8. The Bertz CT molecular complexity index is 2420. The lowest BCUT2D eigenvalue weighted by atomic mass is 9.92. The molecule has 0 aliphatic carbocycles. The number of aromatic amines is 1. The number of nitrogens with zero attached hydrogens (tertiary/aromatic N) is 5. The second-order valence-corrected chi connectivity index (χ2v) is 16.8. The Hall–Kier alpha value is -5.80. The normalized spacial score (nSPS) is 11.9. The van der Waals surface area contributed by atoms with Gasteiger partial charge in [-0.3, -0.25) is 10.4 Å². The number of hydrogen-bond acceptors (Lipinski definition) is 7. The maximum absolute atomic E-state index is 13.6. The Morgan fingerprint density at radius 3 is 2.54 bits per heavy atom. The molecule has 0 radical (unpaired) electrons. The van der Waals surface area contributed by atoms with Crippen LogP contribution in [-0.2, 0) is 16.4 Å². The molecule has 2 amide bonds. The molecule has 0 saturated heterocycles. The van der Waals surface area contributed by atoms with Crippen molar-refractivity contribution in [1.82, 2.24) is 29.9 Å². The van der Waals surface area contributed by atoms with Gasteiger partial charge in [0.15, 0.2) is 0 Å². The highest BCUT2D eigenvalue weighted by Gasteiger charge is 2.23. The van der Waals surface area contributed by atoms with Crippen LogP contribution in [0.3, 0.4) is 0 Å². The minimum absolute atomic E-state index is 0.272. The molecule has 0 unspecified atom stereocenters. The van der Waals surface area contributed by atoms with E-state index in [9.17, 15) is 9.36 Å². The van der Waals surface area contributed by atoms with E-state index in [0.717, 1.165) is 38.2 Å². The number of urea groups is 1. The molecule has 0 atom stereocenters. The number of benzene rings is 4. The summed E-state index contributed by atoms with van der Waals surface area (Å²) in [5.41, 5.74) is 3.87. The van der Waals surface area contributed by atoms with E-state index in [4.69, 9.17) is 9.84 Å². The van der Waals surface area contributed by atoms with Crippen molar-refractivity contribution in [3.05, 3.63) is 120 Å². The smallest absolute Gasteiger partial charge is 0.324 e. The first-order valence-electron chi connectivity index (χ1n) is 16.2. The van der Waals surface area contributed by atoms with Crippen molar-refractivity contribution < 1.29 is 14.1 Å². The minimum atomic E-state index is -2.51. The summed E-state index contributed by atoms with van der Waals surface area (Å²) in [5.74, 6) is 2.12. The number of amides is 2. The molecule has 50 heavy (non-hydrogen) atoms. The molecule has 0 aliphatic heterocycles. The van der Waals surface area contributed by atoms with E-state index in [2.05, 4.69) is 57.6 Å². The minimum Gasteiger partial charge on any atom is -0.438 e. The molecular formula is C38H37N8O3P. The molecule has 4 aromatic carbocycles. The molecule has 252 valence electrons. The third-order valence-electron chi connectivity index (χ3n) is 8.31. The van der Waals surface area contributed by atoms with Crippen molar-refractivity contribution in [2.45, 2.75) is 32.6 Å². The number of carbonyl (C=O) groups is 1. The summed E-state index contributed by atoms with van der Waals surface area (Å²) in [5, 5.41) is 21.2. The average molecular weight is 685 g/mol. The van der Waals surface area contributed by atoms with E-state index in [1.54, 1.807) is 42.5 Å². The summed E-state index contributed by atoms with van der Waals surface area (Å²) in [6.45, 7) is 9.65. The zero-order valence-corrected chi connectivity index (χ0v) is 29.3. The molecule has 3 N–H and O–H groups in total. The fourth-order valence-electron chi connectivity index (χ4n) is 5.65. The molecule has 0 spiro atoms. The highest BCUT2D eigenvalue weighted by atomic mass is 31.2. The summed E-state index contributed by atoms with van der Waals surface area (Å²) >= 11 is 0. The summed E-state index contributed by atoms with van der Waals surface area (Å²) in [6.07, 6.45) is 4.02. The molecule has 0 fully saturated rings. The number of rotatable bonds is 8. The number of carbonyl (C=O) groups excluding carboxylic acids is 1. The second kappa shape index (κ2) is 12.9. The van der Waals surface area contributed by atoms with Gasteiger partial charge in [-0.1, -0.05) is 63.2 Å². The number of nitrogens with one attached hydrogen (secondary N) is 3. The van der Waals surface area contributed by atoms with Gasteiger partial charge in [0.1, 0.15) is 24.5 Å². The van der Waals surface area contributed by atoms with Crippen LogP contribution in [-0.4, -0.2) is 49.3 Å². The fraction of sp³-hybridized carbons (Fsp3) is 0.184. The van der Waals surface area contributed by atoms with Crippen molar-refractivity contribution in [1.29, 1.82) is 0 Å². The molecule has 3 heterocycles.